The molecule has 0 radical (unpaired) electrons. The van der Waals surface area contributed by atoms with E-state index in [4.69, 9.17) is 13.7 Å². The van der Waals surface area contributed by atoms with E-state index in [0.29, 0.717) is 60.1 Å². The van der Waals surface area contributed by atoms with Gasteiger partial charge >= 0.3 is 5.97 Å². The van der Waals surface area contributed by atoms with Crippen molar-refractivity contribution >= 4 is 23.8 Å². The van der Waals surface area contributed by atoms with E-state index in [1.165, 1.54) is 6.07 Å². The van der Waals surface area contributed by atoms with Gasteiger partial charge in [0.25, 0.3) is 0 Å². The van der Waals surface area contributed by atoms with Crippen LogP contribution in [0.25, 0.3) is 0 Å². The number of rotatable bonds is 16. The van der Waals surface area contributed by atoms with E-state index in [-0.39, 0.29) is 23.8 Å². The van der Waals surface area contributed by atoms with Crippen molar-refractivity contribution in [2.75, 3.05) is 19.4 Å². The predicted molar refractivity (Wildman–Crippen MR) is 165 cm³/mol. The number of ether oxygens (including phenoxy) is 1. The van der Waals surface area contributed by atoms with Crippen LogP contribution in [0.4, 0.5) is 4.39 Å². The van der Waals surface area contributed by atoms with Crippen LogP contribution < -0.4 is 0 Å². The van der Waals surface area contributed by atoms with Gasteiger partial charge in [0.1, 0.15) is 22.4 Å². The molecule has 0 spiro atoms. The van der Waals surface area contributed by atoms with Crippen molar-refractivity contribution in [2.45, 2.75) is 63.8 Å². The number of hydrogen-bond acceptors (Lipinski definition) is 6. The molecule has 0 aromatic heterocycles. The van der Waals surface area contributed by atoms with Crippen molar-refractivity contribution in [1.82, 2.24) is 0 Å². The van der Waals surface area contributed by atoms with Crippen LogP contribution in [0, 0.1) is 17.7 Å². The molecule has 0 heterocycles. The van der Waals surface area contributed by atoms with Crippen LogP contribution in [0.3, 0.4) is 0 Å². The molecule has 6 atom stereocenters. The molecule has 6 nitrogen and oxygen atoms in total. The lowest BCUT2D eigenvalue weighted by Gasteiger charge is -2.23. The van der Waals surface area contributed by atoms with Gasteiger partial charge in [-0.15, -0.1) is 0 Å². The largest absolute Gasteiger partial charge is 0.458 e. The van der Waals surface area contributed by atoms with Crippen molar-refractivity contribution < 1.29 is 32.5 Å². The molecule has 1 aliphatic rings. The average Bonchev–Trinajstić information content (AvgIpc) is 3.25. The van der Waals surface area contributed by atoms with Crippen molar-refractivity contribution in [3.8, 4) is 0 Å². The summed E-state index contributed by atoms with van der Waals surface area (Å²) < 4.78 is 43.5. The topological polar surface area (TPSA) is 82.1 Å². The first-order valence-electron chi connectivity index (χ1n) is 14.5. The summed E-state index contributed by atoms with van der Waals surface area (Å²) in [5.41, 5.74) is 1.12. The first kappa shape index (κ1) is 33.2. The Kier molecular flexibility index (Phi) is 13.7. The predicted octanol–water partition coefficient (Wildman–Crippen LogP) is 5.87. The van der Waals surface area contributed by atoms with E-state index >= 15 is 0 Å². The van der Waals surface area contributed by atoms with Crippen LogP contribution in [0.2, 0.25) is 0 Å². The molecule has 1 aliphatic carbocycles. The third-order valence-electron chi connectivity index (χ3n) is 7.58. The Morgan fingerprint density at radius 3 is 2.61 bits per heavy atom. The van der Waals surface area contributed by atoms with E-state index < -0.39 is 25.5 Å². The number of benzene rings is 2. The number of carbonyl (C=O) groups excluding carboxylic acids is 1. The highest BCUT2D eigenvalue weighted by molar-refractivity contribution is 7.58. The molecule has 3 rings (SSSR count). The third-order valence-corrected chi connectivity index (χ3v) is 10.1. The number of hydrogen-bond donors (Lipinski definition) is 1. The Bertz CT molecular complexity index is 1190. The molecule has 2 aromatic carbocycles. The third kappa shape index (κ3) is 10.8. The summed E-state index contributed by atoms with van der Waals surface area (Å²) in [6.07, 6.45) is 11.0. The summed E-state index contributed by atoms with van der Waals surface area (Å²) in [5, 5.41) is 11.0. The number of halogens is 1. The fourth-order valence-corrected chi connectivity index (χ4v) is 7.16. The molecule has 1 N–H and O–H groups in total. The van der Waals surface area contributed by atoms with Crippen molar-refractivity contribution in [1.29, 1.82) is 0 Å². The molecule has 6 unspecified atom stereocenters. The van der Waals surface area contributed by atoms with Crippen LogP contribution in [-0.4, -0.2) is 59.3 Å². The molecule has 0 bridgehead atoms. The number of carbonyl (C=O) groups is 1. The van der Waals surface area contributed by atoms with Crippen LogP contribution in [0.15, 0.2) is 78.9 Å². The van der Waals surface area contributed by atoms with E-state index in [1.807, 2.05) is 31.2 Å². The standard InChI is InChI=1S/C32H44FO6PSi/c1-3-37-40(2,36)22-12-5-4-9-16-27-28(21-20-26(39-41)19-18-24-13-10-11-17-29(24)33)31(23-30(27)34)38-32(35)25-14-7-6-8-15-25/h4,6-11,13-15,17,20-21,26-28,30-31,34H,3,5,12,16,18-19,22-23H2,1-2,41H3. The van der Waals surface area contributed by atoms with Crippen molar-refractivity contribution in [2.24, 2.45) is 11.8 Å². The molecule has 224 valence electrons. The minimum absolute atomic E-state index is 0.141. The number of aryl methyl sites for hydroxylation is 1. The van der Waals surface area contributed by atoms with Crippen LogP contribution in [-0.2, 0) is 24.7 Å². The quantitative estimate of drug-likeness (QED) is 0.0851. The van der Waals surface area contributed by atoms with Crippen molar-refractivity contribution in [3.05, 3.63) is 95.8 Å². The summed E-state index contributed by atoms with van der Waals surface area (Å²) in [6, 6.07) is 15.6. The summed E-state index contributed by atoms with van der Waals surface area (Å²) in [6.45, 7) is 3.97. The van der Waals surface area contributed by atoms with Gasteiger partial charge in [-0.1, -0.05) is 60.7 Å². The molecule has 0 aliphatic heterocycles. The lowest BCUT2D eigenvalue weighted by molar-refractivity contribution is 0.0223. The Morgan fingerprint density at radius 2 is 1.90 bits per heavy atom. The van der Waals surface area contributed by atoms with Gasteiger partial charge in [-0.3, -0.25) is 4.57 Å². The second-order valence-corrected chi connectivity index (χ2v) is 13.9. The van der Waals surface area contributed by atoms with Gasteiger partial charge in [0, 0.05) is 25.2 Å². The van der Waals surface area contributed by atoms with Gasteiger partial charge in [-0.05, 0) is 68.7 Å². The zero-order chi connectivity index (χ0) is 29.7. The highest BCUT2D eigenvalue weighted by Crippen LogP contribution is 2.43. The molecule has 2 aromatic rings. The number of allylic oxidation sites excluding steroid dienone is 2. The average molecular weight is 603 g/mol. The summed E-state index contributed by atoms with van der Waals surface area (Å²) >= 11 is 0. The van der Waals surface area contributed by atoms with Gasteiger partial charge in [0.2, 0.25) is 0 Å². The van der Waals surface area contributed by atoms with Gasteiger partial charge in [0.05, 0.1) is 24.4 Å². The van der Waals surface area contributed by atoms with E-state index in [2.05, 4.69) is 12.2 Å². The monoisotopic (exact) mass is 602 g/mol. The Morgan fingerprint density at radius 1 is 1.17 bits per heavy atom. The Balaban J connectivity index is 1.68. The number of aliphatic hydroxyl groups excluding tert-OH is 1. The fourth-order valence-electron chi connectivity index (χ4n) is 5.34. The second kappa shape index (κ2) is 16.9. The molecule has 0 saturated heterocycles. The first-order chi connectivity index (χ1) is 19.7. The van der Waals surface area contributed by atoms with E-state index in [1.54, 1.807) is 43.1 Å². The summed E-state index contributed by atoms with van der Waals surface area (Å²) in [5.74, 6) is -0.977. The van der Waals surface area contributed by atoms with Crippen molar-refractivity contribution in [3.63, 3.8) is 0 Å². The molecule has 0 amide bonds. The zero-order valence-electron chi connectivity index (χ0n) is 24.4. The Hall–Kier alpha value is -2.35. The van der Waals surface area contributed by atoms with Gasteiger partial charge in [0.15, 0.2) is 7.37 Å². The number of aliphatic hydroxyl groups is 1. The lowest BCUT2D eigenvalue weighted by Crippen LogP contribution is -2.25. The Labute approximate surface area is 247 Å². The highest BCUT2D eigenvalue weighted by atomic mass is 31.2. The molecule has 1 saturated carbocycles. The molecular formula is C32H44FO6PSi. The summed E-state index contributed by atoms with van der Waals surface area (Å²) in [4.78, 5) is 12.9. The summed E-state index contributed by atoms with van der Waals surface area (Å²) in [7, 11) is -2.02. The maximum atomic E-state index is 14.1. The maximum absolute atomic E-state index is 14.1. The van der Waals surface area contributed by atoms with Gasteiger partial charge in [-0.25, -0.2) is 9.18 Å². The molecule has 9 heteroatoms. The SMILES string of the molecule is CCOP(C)(=O)CCCC=CCC1C(O)CC(OC(=O)c2ccccc2)C1C=CC(CCc1ccccc1F)O[SiH3]. The molecular weight excluding hydrogens is 558 g/mol. The number of unbranched alkanes of at least 4 members (excludes halogenated alkanes) is 1. The normalized spacial score (nSPS) is 23.2. The zero-order valence-corrected chi connectivity index (χ0v) is 27.3. The van der Waals surface area contributed by atoms with Crippen LogP contribution in [0.5, 0.6) is 0 Å². The van der Waals surface area contributed by atoms with Gasteiger partial charge in [-0.2, -0.15) is 0 Å². The maximum Gasteiger partial charge on any atom is 0.338 e. The number of esters is 1. The lowest BCUT2D eigenvalue weighted by atomic mass is 9.89. The minimum Gasteiger partial charge on any atom is -0.458 e. The smallest absolute Gasteiger partial charge is 0.338 e. The molecule has 1 fully saturated rings. The second-order valence-electron chi connectivity index (χ2n) is 10.6. The van der Waals surface area contributed by atoms with Gasteiger partial charge < -0.3 is 18.8 Å². The van der Waals surface area contributed by atoms with Crippen LogP contribution >= 0.6 is 7.37 Å². The first-order valence-corrected chi connectivity index (χ1v) is 17.6. The fraction of sp³-hybridized carbons (Fsp3) is 0.469. The van der Waals surface area contributed by atoms with E-state index in [9.17, 15) is 18.9 Å². The highest BCUT2D eigenvalue weighted by Gasteiger charge is 2.42. The van der Waals surface area contributed by atoms with Crippen LogP contribution in [0.1, 0.15) is 54.9 Å². The van der Waals surface area contributed by atoms with E-state index in [0.717, 1.165) is 12.8 Å². The minimum atomic E-state index is -2.54. The molecule has 41 heavy (non-hydrogen) atoms.